The predicted molar refractivity (Wildman–Crippen MR) is 182 cm³/mol. The zero-order valence-corrected chi connectivity index (χ0v) is 27.6. The molecule has 1 spiro atoms. The Hall–Kier alpha value is -4.59. The summed E-state index contributed by atoms with van der Waals surface area (Å²) in [4.78, 5) is 21.2. The summed E-state index contributed by atoms with van der Waals surface area (Å²) in [6.45, 7) is 9.37. The number of halogens is 1. The Morgan fingerprint density at radius 3 is 1.98 bits per heavy atom. The smallest absolute Gasteiger partial charge is 0.410 e. The highest BCUT2D eigenvalue weighted by Crippen LogP contribution is 2.43. The van der Waals surface area contributed by atoms with Crippen LogP contribution in [0.15, 0.2) is 91.0 Å². The van der Waals surface area contributed by atoms with E-state index in [1.807, 2.05) is 105 Å². The number of aromatic nitrogens is 1. The van der Waals surface area contributed by atoms with Crippen LogP contribution in [0.5, 0.6) is 11.8 Å². The van der Waals surface area contributed by atoms with Crippen LogP contribution in [0, 0.1) is 11.2 Å². The van der Waals surface area contributed by atoms with Gasteiger partial charge in [-0.2, -0.15) is 4.98 Å². The first-order valence-corrected chi connectivity index (χ1v) is 16.5. The number of carbonyl (C=O) groups excluding carboxylic acids is 1. The third-order valence-electron chi connectivity index (χ3n) is 9.18. The molecular formula is C39H44FN3O4. The summed E-state index contributed by atoms with van der Waals surface area (Å²) in [6.07, 6.45) is 3.62. The molecular weight excluding hydrogens is 593 g/mol. The number of anilines is 1. The molecule has 6 rings (SSSR count). The third kappa shape index (κ3) is 8.23. The van der Waals surface area contributed by atoms with Crippen LogP contribution in [-0.4, -0.2) is 47.8 Å². The number of pyridine rings is 1. The van der Waals surface area contributed by atoms with Gasteiger partial charge in [0.1, 0.15) is 24.6 Å². The van der Waals surface area contributed by atoms with Crippen LogP contribution in [0.4, 0.5) is 14.9 Å². The molecule has 3 aromatic carbocycles. The second kappa shape index (κ2) is 14.0. The quantitative estimate of drug-likeness (QED) is 0.193. The average Bonchev–Trinajstić information content (AvgIpc) is 3.07. The minimum absolute atomic E-state index is 0.187. The summed E-state index contributed by atoms with van der Waals surface area (Å²) < 4.78 is 33.6. The van der Waals surface area contributed by atoms with Crippen molar-refractivity contribution in [2.24, 2.45) is 5.41 Å². The number of ether oxygens (including phenoxy) is 3. The van der Waals surface area contributed by atoms with Crippen molar-refractivity contribution < 1.29 is 23.4 Å². The molecule has 0 aliphatic carbocycles. The van der Waals surface area contributed by atoms with Gasteiger partial charge >= 0.3 is 6.09 Å². The Balaban J connectivity index is 1.13. The highest BCUT2D eigenvalue weighted by atomic mass is 19.1. The van der Waals surface area contributed by atoms with E-state index < -0.39 is 5.60 Å². The minimum atomic E-state index is -0.495. The molecule has 0 N–H and O–H groups in total. The molecule has 2 fully saturated rings. The highest BCUT2D eigenvalue weighted by molar-refractivity contribution is 5.71. The lowest BCUT2D eigenvalue weighted by Crippen LogP contribution is -2.49. The molecule has 0 atom stereocenters. The largest absolute Gasteiger partial charge is 0.473 e. The Kier molecular flexibility index (Phi) is 9.66. The molecule has 47 heavy (non-hydrogen) atoms. The Labute approximate surface area is 277 Å². The van der Waals surface area contributed by atoms with Gasteiger partial charge < -0.3 is 24.0 Å². The van der Waals surface area contributed by atoms with Gasteiger partial charge in [0.25, 0.3) is 0 Å². The van der Waals surface area contributed by atoms with Crippen LogP contribution < -0.4 is 14.4 Å². The number of amides is 1. The molecule has 1 amide bonds. The van der Waals surface area contributed by atoms with Crippen molar-refractivity contribution in [3.63, 3.8) is 0 Å². The van der Waals surface area contributed by atoms with Crippen LogP contribution in [0.25, 0.3) is 11.1 Å². The van der Waals surface area contributed by atoms with E-state index in [2.05, 4.69) is 4.90 Å². The van der Waals surface area contributed by atoms with Crippen LogP contribution >= 0.6 is 0 Å². The third-order valence-corrected chi connectivity index (χ3v) is 9.18. The normalized spacial score (nSPS) is 16.2. The van der Waals surface area contributed by atoms with Gasteiger partial charge in [-0.3, -0.25) is 0 Å². The zero-order valence-electron chi connectivity index (χ0n) is 27.6. The van der Waals surface area contributed by atoms with E-state index in [0.717, 1.165) is 49.9 Å². The first-order chi connectivity index (χ1) is 22.7. The molecule has 0 unspecified atom stereocenters. The summed E-state index contributed by atoms with van der Waals surface area (Å²) in [7, 11) is 0. The molecule has 3 heterocycles. The van der Waals surface area contributed by atoms with Crippen LogP contribution in [0.3, 0.4) is 0 Å². The van der Waals surface area contributed by atoms with E-state index >= 15 is 4.39 Å². The molecule has 1 aromatic heterocycles. The Bertz CT molecular complexity index is 1640. The van der Waals surface area contributed by atoms with Crippen LogP contribution in [0.1, 0.15) is 57.6 Å². The van der Waals surface area contributed by atoms with Gasteiger partial charge in [-0.1, -0.05) is 66.7 Å². The topological polar surface area (TPSA) is 64.1 Å². The molecule has 246 valence electrons. The number of piperidine rings is 2. The molecule has 0 saturated carbocycles. The predicted octanol–water partition coefficient (Wildman–Crippen LogP) is 8.66. The van der Waals surface area contributed by atoms with E-state index in [1.54, 1.807) is 12.1 Å². The molecule has 2 saturated heterocycles. The zero-order chi connectivity index (χ0) is 32.9. The van der Waals surface area contributed by atoms with Crippen molar-refractivity contribution in [3.05, 3.63) is 108 Å². The van der Waals surface area contributed by atoms with Crippen molar-refractivity contribution in [3.8, 4) is 22.9 Å². The minimum Gasteiger partial charge on any atom is -0.473 e. The summed E-state index contributed by atoms with van der Waals surface area (Å²) in [5.41, 5.74) is 3.75. The fraction of sp³-hybridized carbons (Fsp3) is 0.385. The van der Waals surface area contributed by atoms with E-state index in [0.29, 0.717) is 54.9 Å². The summed E-state index contributed by atoms with van der Waals surface area (Å²) in [5, 5.41) is 0. The van der Waals surface area contributed by atoms with Crippen molar-refractivity contribution in [2.45, 2.75) is 65.3 Å². The van der Waals surface area contributed by atoms with E-state index in [1.165, 1.54) is 0 Å². The number of rotatable bonds is 8. The van der Waals surface area contributed by atoms with Gasteiger partial charge in [0.05, 0.1) is 5.69 Å². The van der Waals surface area contributed by atoms with E-state index in [4.69, 9.17) is 19.2 Å². The Morgan fingerprint density at radius 2 is 1.38 bits per heavy atom. The van der Waals surface area contributed by atoms with Gasteiger partial charge in [0, 0.05) is 37.8 Å². The van der Waals surface area contributed by atoms with Gasteiger partial charge in [0.2, 0.25) is 11.8 Å². The number of benzene rings is 3. The van der Waals surface area contributed by atoms with Gasteiger partial charge in [0.15, 0.2) is 0 Å². The lowest BCUT2D eigenvalue weighted by molar-refractivity contribution is 0.00663. The van der Waals surface area contributed by atoms with E-state index in [9.17, 15) is 4.79 Å². The van der Waals surface area contributed by atoms with Gasteiger partial charge in [-0.05, 0) is 86.8 Å². The van der Waals surface area contributed by atoms with Crippen molar-refractivity contribution in [1.82, 2.24) is 9.88 Å². The lowest BCUT2D eigenvalue weighted by atomic mass is 9.71. The van der Waals surface area contributed by atoms with Gasteiger partial charge in [-0.25, -0.2) is 9.18 Å². The number of likely N-dealkylation sites (tertiary alicyclic amines) is 1. The molecule has 4 aromatic rings. The van der Waals surface area contributed by atoms with Crippen LogP contribution in [0.2, 0.25) is 0 Å². The van der Waals surface area contributed by atoms with Crippen molar-refractivity contribution in [2.75, 3.05) is 31.1 Å². The SMILES string of the molecule is CC(C)(C)OC(=O)N1CCC2(CC1)CCN(c1ccc(-c3ccc(OCc4ccccc4)nc3OCc3ccccc3)cc1F)CC2. The fourth-order valence-electron chi connectivity index (χ4n) is 6.43. The maximum Gasteiger partial charge on any atom is 0.410 e. The second-order valence-electron chi connectivity index (χ2n) is 13.7. The molecule has 2 aliphatic rings. The fourth-order valence-corrected chi connectivity index (χ4v) is 6.43. The first-order valence-electron chi connectivity index (χ1n) is 16.5. The number of carbonyl (C=O) groups is 1. The molecule has 7 nitrogen and oxygen atoms in total. The number of hydrogen-bond donors (Lipinski definition) is 0. The average molecular weight is 638 g/mol. The molecule has 0 radical (unpaired) electrons. The van der Waals surface area contributed by atoms with E-state index in [-0.39, 0.29) is 17.3 Å². The molecule has 8 heteroatoms. The summed E-state index contributed by atoms with van der Waals surface area (Å²) in [6, 6.07) is 28.9. The first kappa shape index (κ1) is 32.4. The summed E-state index contributed by atoms with van der Waals surface area (Å²) in [5.74, 6) is 0.567. The molecule has 2 aliphatic heterocycles. The van der Waals surface area contributed by atoms with Crippen molar-refractivity contribution >= 4 is 11.8 Å². The highest BCUT2D eigenvalue weighted by Gasteiger charge is 2.39. The van der Waals surface area contributed by atoms with Crippen LogP contribution in [-0.2, 0) is 18.0 Å². The molecule has 0 bridgehead atoms. The maximum atomic E-state index is 15.8. The standard InChI is InChI=1S/C39H44FN3O4/c1-38(2,3)47-37(44)43-24-20-39(21-25-43)18-22-42(23-19-39)34-16-14-31(26-33(34)40)32-15-17-35(45-27-29-10-6-4-7-11-29)41-36(32)46-28-30-12-8-5-9-13-30/h4-17,26H,18-25,27-28H2,1-3H3. The van der Waals surface area contributed by atoms with Crippen molar-refractivity contribution in [1.29, 1.82) is 0 Å². The monoisotopic (exact) mass is 637 g/mol. The van der Waals surface area contributed by atoms with Gasteiger partial charge in [-0.15, -0.1) is 0 Å². The Morgan fingerprint density at radius 1 is 0.787 bits per heavy atom. The number of hydrogen-bond acceptors (Lipinski definition) is 6. The summed E-state index contributed by atoms with van der Waals surface area (Å²) >= 11 is 0. The second-order valence-corrected chi connectivity index (χ2v) is 13.7. The number of nitrogens with zero attached hydrogens (tertiary/aromatic N) is 3. The lowest BCUT2D eigenvalue weighted by Gasteiger charge is -2.47. The maximum absolute atomic E-state index is 15.8.